The van der Waals surface area contributed by atoms with Crippen molar-refractivity contribution in [2.45, 2.75) is 44.8 Å². The highest BCUT2D eigenvalue weighted by Crippen LogP contribution is 2.33. The second-order valence-electron chi connectivity index (χ2n) is 6.30. The third-order valence-electron chi connectivity index (χ3n) is 4.35. The van der Waals surface area contributed by atoms with Gasteiger partial charge >= 0.3 is 0 Å². The van der Waals surface area contributed by atoms with Gasteiger partial charge in [-0.2, -0.15) is 0 Å². The Morgan fingerprint density at radius 1 is 1.00 bits per heavy atom. The molecule has 4 rings (SSSR count). The summed E-state index contributed by atoms with van der Waals surface area (Å²) in [4.78, 5) is 0. The lowest BCUT2D eigenvalue weighted by atomic mass is 9.95. The van der Waals surface area contributed by atoms with Gasteiger partial charge in [-0.15, -0.1) is 0 Å². The van der Waals surface area contributed by atoms with E-state index in [1.807, 2.05) is 0 Å². The second-order valence-corrected chi connectivity index (χ2v) is 6.30. The van der Waals surface area contributed by atoms with Gasteiger partial charge < -0.3 is 10.1 Å². The highest BCUT2D eigenvalue weighted by atomic mass is 16.5. The maximum absolute atomic E-state index is 5.90. The molecule has 1 heterocycles. The number of hydrogen-bond acceptors (Lipinski definition) is 2. The first-order valence-corrected chi connectivity index (χ1v) is 7.94. The third kappa shape index (κ3) is 2.76. The van der Waals surface area contributed by atoms with Crippen molar-refractivity contribution < 1.29 is 4.74 Å². The number of nitrogens with one attached hydrogen (secondary N) is 1. The van der Waals surface area contributed by atoms with Crippen LogP contribution in [0, 0.1) is 0 Å². The fourth-order valence-electron chi connectivity index (χ4n) is 2.96. The van der Waals surface area contributed by atoms with Crippen LogP contribution >= 0.6 is 0 Å². The van der Waals surface area contributed by atoms with Crippen molar-refractivity contribution in [3.8, 4) is 16.9 Å². The molecular weight excluding hydrogens is 258 g/mol. The lowest BCUT2D eigenvalue weighted by Gasteiger charge is -2.24. The van der Waals surface area contributed by atoms with Gasteiger partial charge in [-0.25, -0.2) is 0 Å². The van der Waals surface area contributed by atoms with E-state index in [0.29, 0.717) is 12.1 Å². The Morgan fingerprint density at radius 3 is 2.71 bits per heavy atom. The third-order valence-corrected chi connectivity index (χ3v) is 4.35. The summed E-state index contributed by atoms with van der Waals surface area (Å²) in [5.74, 6) is 1.000. The van der Waals surface area contributed by atoms with Gasteiger partial charge in [-0.3, -0.25) is 0 Å². The Balaban J connectivity index is 1.63. The first kappa shape index (κ1) is 12.8. The number of aryl methyl sites for hydroxylation is 1. The maximum atomic E-state index is 5.90. The van der Waals surface area contributed by atoms with E-state index in [4.69, 9.17) is 4.74 Å². The van der Waals surface area contributed by atoms with E-state index in [1.165, 1.54) is 41.6 Å². The zero-order chi connectivity index (χ0) is 14.2. The Morgan fingerprint density at radius 2 is 1.86 bits per heavy atom. The Hall–Kier alpha value is -1.96. The van der Waals surface area contributed by atoms with Gasteiger partial charge in [0, 0.05) is 11.7 Å². The van der Waals surface area contributed by atoms with Crippen LogP contribution in [0.4, 0.5) is 5.69 Å². The standard InChI is InChI=1S/C19H21NO/c1-13-5-6-16-11-15(7-10-19(16)20-13)14-3-2-4-18(12-14)21-17-8-9-17/h2-4,7,10-13,17,20H,5-6,8-9H2,1H3. The topological polar surface area (TPSA) is 21.3 Å². The number of fused-ring (bicyclic) bond motifs is 1. The minimum absolute atomic E-state index is 0.453. The Kier molecular flexibility index (Phi) is 3.10. The molecule has 2 aromatic rings. The Labute approximate surface area is 126 Å². The molecule has 1 unspecified atom stereocenters. The number of benzene rings is 2. The summed E-state index contributed by atoms with van der Waals surface area (Å²) >= 11 is 0. The van der Waals surface area contributed by atoms with Gasteiger partial charge in [0.15, 0.2) is 0 Å². The van der Waals surface area contributed by atoms with Gasteiger partial charge in [0.1, 0.15) is 5.75 Å². The van der Waals surface area contributed by atoms with Crippen LogP contribution in [0.3, 0.4) is 0 Å². The summed E-state index contributed by atoms with van der Waals surface area (Å²) in [6, 6.07) is 15.8. The molecule has 0 bridgehead atoms. The van der Waals surface area contributed by atoms with Crippen molar-refractivity contribution in [2.75, 3.05) is 5.32 Å². The molecule has 0 amide bonds. The number of hydrogen-bond donors (Lipinski definition) is 1. The first-order chi connectivity index (χ1) is 10.3. The molecule has 1 aliphatic heterocycles. The highest BCUT2D eigenvalue weighted by Gasteiger charge is 2.23. The summed E-state index contributed by atoms with van der Waals surface area (Å²) < 4.78 is 5.90. The molecule has 2 aromatic carbocycles. The number of rotatable bonds is 3. The van der Waals surface area contributed by atoms with Crippen molar-refractivity contribution in [1.29, 1.82) is 0 Å². The summed E-state index contributed by atoms with van der Waals surface area (Å²) in [6.07, 6.45) is 5.23. The average molecular weight is 279 g/mol. The monoisotopic (exact) mass is 279 g/mol. The molecule has 21 heavy (non-hydrogen) atoms. The van der Waals surface area contributed by atoms with Crippen molar-refractivity contribution in [2.24, 2.45) is 0 Å². The molecular formula is C19H21NO. The quantitative estimate of drug-likeness (QED) is 0.883. The molecule has 2 aliphatic rings. The molecule has 1 N–H and O–H groups in total. The molecule has 1 aliphatic carbocycles. The summed E-state index contributed by atoms with van der Waals surface area (Å²) in [5.41, 5.74) is 5.25. The van der Waals surface area contributed by atoms with Gasteiger partial charge in [0.2, 0.25) is 0 Å². The van der Waals surface area contributed by atoms with Gasteiger partial charge in [0.05, 0.1) is 6.10 Å². The fraction of sp³-hybridized carbons (Fsp3) is 0.368. The molecule has 0 radical (unpaired) electrons. The van der Waals surface area contributed by atoms with E-state index in [-0.39, 0.29) is 0 Å². The highest BCUT2D eigenvalue weighted by molar-refractivity contribution is 5.70. The largest absolute Gasteiger partial charge is 0.490 e. The van der Waals surface area contributed by atoms with Crippen LogP contribution in [-0.4, -0.2) is 12.1 Å². The van der Waals surface area contributed by atoms with E-state index < -0.39 is 0 Å². The predicted octanol–water partition coefficient (Wildman–Crippen LogP) is 4.64. The Bertz CT molecular complexity index is 660. The molecule has 1 saturated carbocycles. The molecule has 0 spiro atoms. The lowest BCUT2D eigenvalue weighted by Crippen LogP contribution is -2.21. The predicted molar refractivity (Wildman–Crippen MR) is 86.9 cm³/mol. The van der Waals surface area contributed by atoms with Crippen LogP contribution < -0.4 is 10.1 Å². The van der Waals surface area contributed by atoms with Crippen molar-refractivity contribution in [3.05, 3.63) is 48.0 Å². The molecule has 1 fully saturated rings. The van der Waals surface area contributed by atoms with Crippen LogP contribution in [0.25, 0.3) is 11.1 Å². The van der Waals surface area contributed by atoms with Crippen LogP contribution in [-0.2, 0) is 6.42 Å². The molecule has 1 atom stereocenters. The smallest absolute Gasteiger partial charge is 0.120 e. The van der Waals surface area contributed by atoms with E-state index in [2.05, 4.69) is 54.7 Å². The lowest BCUT2D eigenvalue weighted by molar-refractivity contribution is 0.303. The van der Waals surface area contributed by atoms with Gasteiger partial charge in [-0.1, -0.05) is 18.2 Å². The summed E-state index contributed by atoms with van der Waals surface area (Å²) in [5, 5.41) is 3.56. The summed E-state index contributed by atoms with van der Waals surface area (Å²) in [6.45, 7) is 2.25. The van der Waals surface area contributed by atoms with Crippen LogP contribution in [0.15, 0.2) is 42.5 Å². The molecule has 0 aromatic heterocycles. The minimum Gasteiger partial charge on any atom is -0.490 e. The van der Waals surface area contributed by atoms with Crippen LogP contribution in [0.1, 0.15) is 31.7 Å². The SMILES string of the molecule is CC1CCc2cc(-c3cccc(OC4CC4)c3)ccc2N1. The average Bonchev–Trinajstić information content (AvgIpc) is 3.31. The van der Waals surface area contributed by atoms with Crippen LogP contribution in [0.2, 0.25) is 0 Å². The zero-order valence-electron chi connectivity index (χ0n) is 12.4. The minimum atomic E-state index is 0.453. The van der Waals surface area contributed by atoms with E-state index in [1.54, 1.807) is 0 Å². The van der Waals surface area contributed by atoms with Crippen LogP contribution in [0.5, 0.6) is 5.75 Å². The molecule has 2 heteroatoms. The van der Waals surface area contributed by atoms with Crippen molar-refractivity contribution in [3.63, 3.8) is 0 Å². The van der Waals surface area contributed by atoms with Gasteiger partial charge in [0.25, 0.3) is 0 Å². The fourth-order valence-corrected chi connectivity index (χ4v) is 2.96. The number of ether oxygens (including phenoxy) is 1. The summed E-state index contributed by atoms with van der Waals surface area (Å²) in [7, 11) is 0. The maximum Gasteiger partial charge on any atom is 0.120 e. The van der Waals surface area contributed by atoms with E-state index in [9.17, 15) is 0 Å². The zero-order valence-corrected chi connectivity index (χ0v) is 12.4. The first-order valence-electron chi connectivity index (χ1n) is 7.94. The molecule has 108 valence electrons. The normalized spacial score (nSPS) is 20.5. The molecule has 0 saturated heterocycles. The van der Waals surface area contributed by atoms with E-state index in [0.717, 1.165) is 12.2 Å². The second kappa shape index (κ2) is 5.10. The van der Waals surface area contributed by atoms with E-state index >= 15 is 0 Å². The van der Waals surface area contributed by atoms with Crippen molar-refractivity contribution in [1.82, 2.24) is 0 Å². The number of anilines is 1. The van der Waals surface area contributed by atoms with Crippen molar-refractivity contribution >= 4 is 5.69 Å². The molecule has 2 nitrogen and oxygen atoms in total. The van der Waals surface area contributed by atoms with Gasteiger partial charge in [-0.05, 0) is 73.6 Å².